The topological polar surface area (TPSA) is 26.0 Å². The first-order chi connectivity index (χ1) is 13.0. The summed E-state index contributed by atoms with van der Waals surface area (Å²) in [7, 11) is 1.50. The minimum Gasteiger partial charge on any atom is -0.333 e. The average Bonchev–Trinajstić information content (AvgIpc) is 2.65. The van der Waals surface area contributed by atoms with Gasteiger partial charge >= 0.3 is 0 Å². The van der Waals surface area contributed by atoms with Crippen LogP contribution in [0, 0.1) is 35.5 Å². The molecule has 0 aromatic heterocycles. The summed E-state index contributed by atoms with van der Waals surface area (Å²) in [4.78, 5) is 0. The van der Waals surface area contributed by atoms with Gasteiger partial charge in [-0.15, -0.1) is 0 Å². The van der Waals surface area contributed by atoms with Gasteiger partial charge in [-0.1, -0.05) is 94.9 Å². The van der Waals surface area contributed by atoms with Crippen molar-refractivity contribution < 1.29 is 0 Å². The Bertz CT molecular complexity index is 255. The van der Waals surface area contributed by atoms with E-state index in [9.17, 15) is 0 Å². The molecule has 2 saturated carbocycles. The summed E-state index contributed by atoms with van der Waals surface area (Å²) < 4.78 is 0. The van der Waals surface area contributed by atoms with Crippen LogP contribution in [0.4, 0.5) is 0 Å². The molecular formula is C26H59N. The molecule has 0 saturated heterocycles. The molecule has 3 unspecified atom stereocenters. The highest BCUT2D eigenvalue weighted by Crippen LogP contribution is 2.45. The Hall–Kier alpha value is -0.0400. The van der Waals surface area contributed by atoms with Gasteiger partial charge in [-0.25, -0.2) is 0 Å². The molecule has 168 valence electrons. The lowest BCUT2D eigenvalue weighted by Crippen LogP contribution is -2.30. The first-order valence-corrected chi connectivity index (χ1v) is 12.6. The Morgan fingerprint density at radius 2 is 1.26 bits per heavy atom. The number of nitrogens with two attached hydrogens (primary N) is 1. The van der Waals surface area contributed by atoms with Crippen LogP contribution < -0.4 is 5.73 Å². The van der Waals surface area contributed by atoms with Gasteiger partial charge in [0.1, 0.15) is 0 Å². The van der Waals surface area contributed by atoms with Crippen molar-refractivity contribution in [3.8, 4) is 0 Å². The maximum atomic E-state index is 4.50. The number of hydrogen-bond donors (Lipinski definition) is 1. The van der Waals surface area contributed by atoms with Crippen molar-refractivity contribution in [2.24, 2.45) is 41.2 Å². The molecule has 0 aliphatic heterocycles. The molecule has 0 aromatic rings. The summed E-state index contributed by atoms with van der Waals surface area (Å²) in [6.45, 7) is 21.9. The molecule has 0 amide bonds. The van der Waals surface area contributed by atoms with E-state index in [1.54, 1.807) is 25.7 Å². The van der Waals surface area contributed by atoms with Crippen LogP contribution in [0.2, 0.25) is 0 Å². The van der Waals surface area contributed by atoms with Crippen LogP contribution in [0.5, 0.6) is 0 Å². The summed E-state index contributed by atoms with van der Waals surface area (Å²) in [6, 6.07) is 0. The lowest BCUT2D eigenvalue weighted by atomic mass is 9.64. The standard InChI is InChI=1S/C18H34.C3H8.2C2H6.CH5N/c1-5-15-9-17(10-15)12-18-11-16(8-13(2)3)7-6-14(18)4;1-3-2;3*1-2/h13-18H,5-12H2,1-4H3;3H2,1-2H3;2*1-2H3;2H2,1H3. The predicted octanol–water partition coefficient (Wildman–Crippen LogP) is 8.95. The molecule has 2 N–H and O–H groups in total. The Kier molecular flexibility index (Phi) is 26.1. The van der Waals surface area contributed by atoms with E-state index in [-0.39, 0.29) is 0 Å². The van der Waals surface area contributed by atoms with E-state index in [1.165, 1.54) is 39.2 Å². The summed E-state index contributed by atoms with van der Waals surface area (Å²) in [6.07, 6.45) is 13.4. The van der Waals surface area contributed by atoms with Gasteiger partial charge in [-0.3, -0.25) is 0 Å². The fourth-order valence-electron chi connectivity index (χ4n) is 4.55. The van der Waals surface area contributed by atoms with Crippen molar-refractivity contribution in [3.63, 3.8) is 0 Å². The maximum absolute atomic E-state index is 4.50. The van der Waals surface area contributed by atoms with Crippen LogP contribution >= 0.6 is 0 Å². The Morgan fingerprint density at radius 3 is 1.67 bits per heavy atom. The van der Waals surface area contributed by atoms with Gasteiger partial charge in [-0.2, -0.15) is 0 Å². The molecule has 0 spiro atoms. The van der Waals surface area contributed by atoms with Gasteiger partial charge in [0.05, 0.1) is 0 Å². The minimum atomic E-state index is 0.900. The zero-order chi connectivity index (χ0) is 21.8. The van der Waals surface area contributed by atoms with Crippen molar-refractivity contribution in [1.29, 1.82) is 0 Å². The van der Waals surface area contributed by atoms with Crippen LogP contribution in [0.1, 0.15) is 127 Å². The molecule has 2 aliphatic rings. The Labute approximate surface area is 175 Å². The minimum absolute atomic E-state index is 0.900. The molecule has 0 radical (unpaired) electrons. The van der Waals surface area contributed by atoms with Crippen LogP contribution in [0.3, 0.4) is 0 Å². The number of rotatable bonds is 5. The van der Waals surface area contributed by atoms with Crippen molar-refractivity contribution >= 4 is 0 Å². The lowest BCUT2D eigenvalue weighted by Gasteiger charge is -2.42. The second kappa shape index (κ2) is 22.3. The van der Waals surface area contributed by atoms with Crippen LogP contribution in [0.25, 0.3) is 0 Å². The molecular weight excluding hydrogens is 326 g/mol. The van der Waals surface area contributed by atoms with Crippen LogP contribution in [-0.4, -0.2) is 7.05 Å². The van der Waals surface area contributed by atoms with E-state index in [2.05, 4.69) is 47.3 Å². The van der Waals surface area contributed by atoms with E-state index < -0.39 is 0 Å². The molecule has 1 nitrogen and oxygen atoms in total. The molecule has 3 atom stereocenters. The molecule has 0 heterocycles. The van der Waals surface area contributed by atoms with Crippen molar-refractivity contribution in [2.75, 3.05) is 7.05 Å². The number of hydrogen-bond acceptors (Lipinski definition) is 1. The second-order valence-corrected chi connectivity index (χ2v) is 8.60. The summed E-state index contributed by atoms with van der Waals surface area (Å²) in [5.74, 6) is 6.20. The molecule has 1 heteroatoms. The second-order valence-electron chi connectivity index (χ2n) is 8.60. The monoisotopic (exact) mass is 385 g/mol. The third-order valence-corrected chi connectivity index (χ3v) is 5.82. The maximum Gasteiger partial charge on any atom is -0.0195 e. The molecule has 0 aromatic carbocycles. The predicted molar refractivity (Wildman–Crippen MR) is 129 cm³/mol. The lowest BCUT2D eigenvalue weighted by molar-refractivity contribution is 0.0954. The Morgan fingerprint density at radius 1 is 0.778 bits per heavy atom. The zero-order valence-electron chi connectivity index (χ0n) is 21.4. The molecule has 2 fully saturated rings. The largest absolute Gasteiger partial charge is 0.333 e. The summed E-state index contributed by atoms with van der Waals surface area (Å²) in [5.41, 5.74) is 4.50. The highest BCUT2D eigenvalue weighted by atomic mass is 14.4. The SMILES string of the molecule is CC.CC.CCC.CCC1CC(CC2CC(CC(C)C)CCC2C)C1.CN. The quantitative estimate of drug-likeness (QED) is 0.502. The zero-order valence-corrected chi connectivity index (χ0v) is 21.4. The third-order valence-electron chi connectivity index (χ3n) is 5.82. The van der Waals surface area contributed by atoms with Gasteiger partial charge in [-0.05, 0) is 74.7 Å². The highest BCUT2D eigenvalue weighted by Gasteiger charge is 2.34. The van der Waals surface area contributed by atoms with Crippen molar-refractivity contribution in [3.05, 3.63) is 0 Å². The van der Waals surface area contributed by atoms with Gasteiger partial charge in [0.25, 0.3) is 0 Å². The van der Waals surface area contributed by atoms with Crippen molar-refractivity contribution in [1.82, 2.24) is 0 Å². The van der Waals surface area contributed by atoms with E-state index in [0.29, 0.717) is 0 Å². The third kappa shape index (κ3) is 15.5. The smallest absolute Gasteiger partial charge is 0.0195 e. The molecule has 2 rings (SSSR count). The van der Waals surface area contributed by atoms with Gasteiger partial charge in [0, 0.05) is 0 Å². The average molecular weight is 386 g/mol. The van der Waals surface area contributed by atoms with Gasteiger partial charge in [0.2, 0.25) is 0 Å². The van der Waals surface area contributed by atoms with E-state index in [4.69, 9.17) is 0 Å². The normalized spacial score (nSPS) is 28.6. The molecule has 2 aliphatic carbocycles. The van der Waals surface area contributed by atoms with Crippen LogP contribution in [-0.2, 0) is 0 Å². The Balaban J connectivity index is -0.000000555. The van der Waals surface area contributed by atoms with Crippen LogP contribution in [0.15, 0.2) is 0 Å². The summed E-state index contributed by atoms with van der Waals surface area (Å²) in [5, 5.41) is 0. The summed E-state index contributed by atoms with van der Waals surface area (Å²) >= 11 is 0. The molecule has 0 bridgehead atoms. The van der Waals surface area contributed by atoms with Gasteiger partial charge in [0.15, 0.2) is 0 Å². The fourth-order valence-corrected chi connectivity index (χ4v) is 4.55. The van der Waals surface area contributed by atoms with Crippen molar-refractivity contribution in [2.45, 2.75) is 127 Å². The van der Waals surface area contributed by atoms with E-state index in [0.717, 1.165) is 35.5 Å². The highest BCUT2D eigenvalue weighted by molar-refractivity contribution is 4.85. The molecule has 27 heavy (non-hydrogen) atoms. The fraction of sp³-hybridized carbons (Fsp3) is 1.00. The first kappa shape index (κ1) is 31.6. The van der Waals surface area contributed by atoms with Gasteiger partial charge < -0.3 is 5.73 Å². The van der Waals surface area contributed by atoms with E-state index >= 15 is 0 Å². The van der Waals surface area contributed by atoms with E-state index in [1.807, 2.05) is 27.7 Å². The first-order valence-electron chi connectivity index (χ1n) is 12.6.